The molecular weight excluding hydrogens is 395 g/mol. The zero-order valence-corrected chi connectivity index (χ0v) is 17.1. The summed E-state index contributed by atoms with van der Waals surface area (Å²) in [4.78, 5) is 12.2. The van der Waals surface area contributed by atoms with Crippen molar-refractivity contribution in [2.24, 2.45) is 0 Å². The quantitative estimate of drug-likeness (QED) is 0.562. The van der Waals surface area contributed by atoms with Crippen LogP contribution in [0.15, 0.2) is 47.6 Å². The lowest BCUT2D eigenvalue weighted by Crippen LogP contribution is -2.15. The number of thioether (sulfide) groups is 1. The standard InChI is InChI=1S/C20H21FN4O3S/c1-4-25-19(13-9-14(27-2)11-15(10-13)28-3)23-24-20(25)29-12-18(26)22-17-8-6-5-7-16(17)21/h5-11H,4,12H2,1-3H3,(H,22,26). The fraction of sp³-hybridized carbons (Fsp3) is 0.250. The molecule has 0 bridgehead atoms. The summed E-state index contributed by atoms with van der Waals surface area (Å²) >= 11 is 1.23. The van der Waals surface area contributed by atoms with E-state index >= 15 is 0 Å². The molecule has 3 rings (SSSR count). The third-order valence-electron chi connectivity index (χ3n) is 4.12. The van der Waals surface area contributed by atoms with Crippen molar-refractivity contribution in [2.45, 2.75) is 18.6 Å². The molecule has 0 atom stereocenters. The van der Waals surface area contributed by atoms with Gasteiger partial charge in [-0.3, -0.25) is 4.79 Å². The smallest absolute Gasteiger partial charge is 0.234 e. The second kappa shape index (κ2) is 9.42. The number of aromatic nitrogens is 3. The van der Waals surface area contributed by atoms with Gasteiger partial charge < -0.3 is 19.4 Å². The number of methoxy groups -OCH3 is 2. The molecule has 1 heterocycles. The number of anilines is 1. The summed E-state index contributed by atoms with van der Waals surface area (Å²) in [5.74, 6) is 1.20. The molecule has 152 valence electrons. The summed E-state index contributed by atoms with van der Waals surface area (Å²) in [5.41, 5.74) is 0.942. The summed E-state index contributed by atoms with van der Waals surface area (Å²) in [6, 6.07) is 11.5. The van der Waals surface area contributed by atoms with E-state index in [1.54, 1.807) is 32.4 Å². The molecule has 0 aliphatic heterocycles. The van der Waals surface area contributed by atoms with Crippen molar-refractivity contribution in [3.05, 3.63) is 48.3 Å². The Bertz CT molecular complexity index is 987. The summed E-state index contributed by atoms with van der Waals surface area (Å²) < 4.78 is 26.2. The van der Waals surface area contributed by atoms with Crippen molar-refractivity contribution >= 4 is 23.4 Å². The number of nitrogens with zero attached hydrogens (tertiary/aromatic N) is 3. The number of amides is 1. The molecule has 7 nitrogen and oxygen atoms in total. The van der Waals surface area contributed by atoms with Crippen molar-refractivity contribution < 1.29 is 18.7 Å². The molecule has 1 aromatic heterocycles. The van der Waals surface area contributed by atoms with E-state index in [9.17, 15) is 9.18 Å². The van der Waals surface area contributed by atoms with Crippen LogP contribution >= 0.6 is 11.8 Å². The van der Waals surface area contributed by atoms with Gasteiger partial charge in [-0.2, -0.15) is 0 Å². The lowest BCUT2D eigenvalue weighted by molar-refractivity contribution is -0.113. The Kier molecular flexibility index (Phi) is 6.71. The number of nitrogens with one attached hydrogen (secondary N) is 1. The van der Waals surface area contributed by atoms with E-state index in [-0.39, 0.29) is 17.3 Å². The number of hydrogen-bond acceptors (Lipinski definition) is 6. The highest BCUT2D eigenvalue weighted by Crippen LogP contribution is 2.30. The average molecular weight is 416 g/mol. The zero-order chi connectivity index (χ0) is 20.8. The summed E-state index contributed by atoms with van der Waals surface area (Å²) in [6.07, 6.45) is 0. The minimum atomic E-state index is -0.475. The van der Waals surface area contributed by atoms with Gasteiger partial charge in [-0.15, -0.1) is 10.2 Å². The zero-order valence-electron chi connectivity index (χ0n) is 16.3. The average Bonchev–Trinajstić information content (AvgIpc) is 3.16. The van der Waals surface area contributed by atoms with Crippen LogP contribution in [0.1, 0.15) is 6.92 Å². The summed E-state index contributed by atoms with van der Waals surface area (Å²) in [6.45, 7) is 2.58. The van der Waals surface area contributed by atoms with Gasteiger partial charge in [-0.25, -0.2) is 4.39 Å². The van der Waals surface area contributed by atoms with Crippen molar-refractivity contribution in [1.29, 1.82) is 0 Å². The highest BCUT2D eigenvalue weighted by atomic mass is 32.2. The molecule has 0 aliphatic rings. The number of rotatable bonds is 8. The maximum atomic E-state index is 13.7. The molecule has 3 aromatic rings. The summed E-state index contributed by atoms with van der Waals surface area (Å²) in [5, 5.41) is 11.6. The van der Waals surface area contributed by atoms with Crippen molar-refractivity contribution in [3.63, 3.8) is 0 Å². The minimum absolute atomic E-state index is 0.0773. The molecule has 0 radical (unpaired) electrons. The molecule has 0 saturated carbocycles. The number of carbonyl (C=O) groups excluding carboxylic acids is 1. The van der Waals surface area contributed by atoms with E-state index < -0.39 is 5.82 Å². The van der Waals surface area contributed by atoms with Crippen molar-refractivity contribution in [1.82, 2.24) is 14.8 Å². The number of hydrogen-bond donors (Lipinski definition) is 1. The molecule has 0 saturated heterocycles. The minimum Gasteiger partial charge on any atom is -0.497 e. The second-order valence-electron chi connectivity index (χ2n) is 5.97. The van der Waals surface area contributed by atoms with Gasteiger partial charge in [0.1, 0.15) is 17.3 Å². The van der Waals surface area contributed by atoms with Crippen LogP contribution < -0.4 is 14.8 Å². The molecule has 2 aromatic carbocycles. The van der Waals surface area contributed by atoms with Crippen molar-refractivity contribution in [2.75, 3.05) is 25.3 Å². The summed E-state index contributed by atoms with van der Waals surface area (Å²) in [7, 11) is 3.16. The third kappa shape index (κ3) is 4.86. The maximum Gasteiger partial charge on any atom is 0.234 e. The Morgan fingerprint density at radius 3 is 2.45 bits per heavy atom. The van der Waals surface area contributed by atoms with Gasteiger partial charge in [0.15, 0.2) is 11.0 Å². The highest BCUT2D eigenvalue weighted by Gasteiger charge is 2.16. The normalized spacial score (nSPS) is 10.6. The molecular formula is C20H21FN4O3S. The molecule has 1 N–H and O–H groups in total. The van der Waals surface area contributed by atoms with Crippen LogP contribution in [0, 0.1) is 5.82 Å². The Labute approximate surface area is 172 Å². The van der Waals surface area contributed by atoms with Gasteiger partial charge in [0.2, 0.25) is 5.91 Å². The number of carbonyl (C=O) groups is 1. The van der Waals surface area contributed by atoms with Crippen molar-refractivity contribution in [3.8, 4) is 22.9 Å². The van der Waals surface area contributed by atoms with Crippen LogP contribution in [0.2, 0.25) is 0 Å². The number of para-hydroxylation sites is 1. The highest BCUT2D eigenvalue weighted by molar-refractivity contribution is 7.99. The Balaban J connectivity index is 1.76. The Morgan fingerprint density at radius 2 is 1.83 bits per heavy atom. The van der Waals surface area contributed by atoms with E-state index in [4.69, 9.17) is 9.47 Å². The topological polar surface area (TPSA) is 78.3 Å². The van der Waals surface area contributed by atoms with Crippen LogP contribution in [-0.4, -0.2) is 40.6 Å². The predicted molar refractivity (Wildman–Crippen MR) is 110 cm³/mol. The first-order valence-electron chi connectivity index (χ1n) is 8.89. The van der Waals surface area contributed by atoms with Gasteiger partial charge in [-0.1, -0.05) is 23.9 Å². The van der Waals surface area contributed by atoms with Gasteiger partial charge in [-0.05, 0) is 31.2 Å². The van der Waals surface area contributed by atoms with Gasteiger partial charge in [0.05, 0.1) is 25.7 Å². The van der Waals surface area contributed by atoms with Gasteiger partial charge in [0, 0.05) is 18.2 Å². The predicted octanol–water partition coefficient (Wildman–Crippen LogP) is 3.85. The fourth-order valence-electron chi connectivity index (χ4n) is 2.71. The van der Waals surface area contributed by atoms with E-state index in [2.05, 4.69) is 15.5 Å². The monoisotopic (exact) mass is 416 g/mol. The van der Waals surface area contributed by atoms with Crippen LogP contribution in [0.5, 0.6) is 11.5 Å². The largest absolute Gasteiger partial charge is 0.497 e. The number of ether oxygens (including phenoxy) is 2. The SMILES string of the molecule is CCn1c(SCC(=O)Nc2ccccc2F)nnc1-c1cc(OC)cc(OC)c1. The van der Waals surface area contributed by atoms with Gasteiger partial charge >= 0.3 is 0 Å². The molecule has 0 unspecified atom stereocenters. The first-order valence-corrected chi connectivity index (χ1v) is 9.88. The molecule has 0 aliphatic carbocycles. The maximum absolute atomic E-state index is 13.7. The van der Waals surface area contributed by atoms with Crippen LogP contribution in [-0.2, 0) is 11.3 Å². The lowest BCUT2D eigenvalue weighted by atomic mass is 10.2. The molecule has 29 heavy (non-hydrogen) atoms. The first-order chi connectivity index (χ1) is 14.0. The lowest BCUT2D eigenvalue weighted by Gasteiger charge is -2.10. The Morgan fingerprint density at radius 1 is 1.14 bits per heavy atom. The molecule has 0 fully saturated rings. The third-order valence-corrected chi connectivity index (χ3v) is 5.09. The first kappa shape index (κ1) is 20.7. The van der Waals surface area contributed by atoms with Crippen LogP contribution in [0.3, 0.4) is 0 Å². The van der Waals surface area contributed by atoms with Gasteiger partial charge in [0.25, 0.3) is 0 Å². The number of halogens is 1. The van der Waals surface area contributed by atoms with E-state index in [0.717, 1.165) is 5.56 Å². The number of benzene rings is 2. The Hall–Kier alpha value is -3.07. The second-order valence-corrected chi connectivity index (χ2v) is 6.91. The van der Waals surface area contributed by atoms with Crippen LogP contribution in [0.25, 0.3) is 11.4 Å². The van der Waals surface area contributed by atoms with E-state index in [1.165, 1.54) is 23.9 Å². The van der Waals surface area contributed by atoms with Crippen LogP contribution in [0.4, 0.5) is 10.1 Å². The fourth-order valence-corrected chi connectivity index (χ4v) is 3.51. The molecule has 0 spiro atoms. The molecule has 1 amide bonds. The van der Waals surface area contributed by atoms with E-state index in [0.29, 0.717) is 29.0 Å². The van der Waals surface area contributed by atoms with E-state index in [1.807, 2.05) is 23.6 Å². The molecule has 9 heteroatoms.